The first-order valence-corrected chi connectivity index (χ1v) is 3.85. The van der Waals surface area contributed by atoms with E-state index in [0.717, 1.165) is 0 Å². The zero-order chi connectivity index (χ0) is 9.14. The predicted octanol–water partition coefficient (Wildman–Crippen LogP) is 2.27. The number of halogens is 2. The van der Waals surface area contributed by atoms with Gasteiger partial charge >= 0.3 is 0 Å². The van der Waals surface area contributed by atoms with Crippen LogP contribution in [0.25, 0.3) is 0 Å². The molecule has 1 rings (SSSR count). The van der Waals surface area contributed by atoms with E-state index in [4.69, 9.17) is 16.8 Å². The molecule has 1 aromatic carbocycles. The average Bonchev–Trinajstić information content (AvgIpc) is 2.06. The van der Waals surface area contributed by atoms with Gasteiger partial charge in [-0.25, -0.2) is 9.87 Å². The standard InChI is InChI=1S/C8H9ClFNO/c1-5-6(4-11-12)8(10)3-2-7(5)9/h2-3,11-12H,4H2,1H3. The Labute approximate surface area is 74.9 Å². The molecule has 12 heavy (non-hydrogen) atoms. The van der Waals surface area contributed by atoms with Gasteiger partial charge in [0.2, 0.25) is 0 Å². The van der Waals surface area contributed by atoms with Crippen molar-refractivity contribution < 1.29 is 9.60 Å². The van der Waals surface area contributed by atoms with Crippen LogP contribution in [-0.2, 0) is 6.54 Å². The fourth-order valence-electron chi connectivity index (χ4n) is 0.991. The molecule has 0 saturated carbocycles. The molecular formula is C8H9ClFNO. The van der Waals surface area contributed by atoms with Crippen LogP contribution in [0.1, 0.15) is 11.1 Å². The van der Waals surface area contributed by atoms with Crippen molar-refractivity contribution in [3.8, 4) is 0 Å². The molecule has 2 nitrogen and oxygen atoms in total. The van der Waals surface area contributed by atoms with Crippen LogP contribution in [0.15, 0.2) is 12.1 Å². The zero-order valence-corrected chi connectivity index (χ0v) is 7.32. The van der Waals surface area contributed by atoms with E-state index in [1.54, 1.807) is 6.92 Å². The average molecular weight is 190 g/mol. The van der Waals surface area contributed by atoms with Crippen molar-refractivity contribution >= 4 is 11.6 Å². The molecule has 0 atom stereocenters. The van der Waals surface area contributed by atoms with Gasteiger partial charge < -0.3 is 5.21 Å². The summed E-state index contributed by atoms with van der Waals surface area (Å²) in [5.41, 5.74) is 2.94. The Balaban J connectivity index is 3.14. The Morgan fingerprint density at radius 2 is 2.25 bits per heavy atom. The van der Waals surface area contributed by atoms with Crippen LogP contribution in [0.4, 0.5) is 4.39 Å². The van der Waals surface area contributed by atoms with Crippen LogP contribution < -0.4 is 5.48 Å². The Bertz CT molecular complexity index is 291. The maximum absolute atomic E-state index is 13.0. The minimum absolute atomic E-state index is 0.0677. The summed E-state index contributed by atoms with van der Waals surface area (Å²) < 4.78 is 13.0. The minimum Gasteiger partial charge on any atom is -0.316 e. The number of rotatable bonds is 2. The summed E-state index contributed by atoms with van der Waals surface area (Å²) in [6, 6.07) is 2.77. The SMILES string of the molecule is Cc1c(Cl)ccc(F)c1CNO. The quantitative estimate of drug-likeness (QED) is 0.700. The highest BCUT2D eigenvalue weighted by atomic mass is 35.5. The summed E-state index contributed by atoms with van der Waals surface area (Å²) >= 11 is 5.75. The van der Waals surface area contributed by atoms with E-state index in [1.165, 1.54) is 12.1 Å². The van der Waals surface area contributed by atoms with E-state index in [9.17, 15) is 4.39 Å². The molecule has 0 fully saturated rings. The number of nitrogens with one attached hydrogen (secondary N) is 1. The first kappa shape index (κ1) is 9.45. The number of benzene rings is 1. The van der Waals surface area contributed by atoms with Crippen molar-refractivity contribution in [1.29, 1.82) is 0 Å². The molecule has 1 aromatic rings. The minimum atomic E-state index is -0.363. The number of hydroxylamine groups is 1. The summed E-state index contributed by atoms with van der Waals surface area (Å²) in [6.45, 7) is 1.77. The summed E-state index contributed by atoms with van der Waals surface area (Å²) in [7, 11) is 0. The second-order valence-corrected chi connectivity index (χ2v) is 2.87. The Kier molecular flexibility index (Phi) is 3.03. The molecule has 66 valence electrons. The molecule has 2 N–H and O–H groups in total. The Morgan fingerprint density at radius 1 is 1.58 bits per heavy atom. The molecular weight excluding hydrogens is 181 g/mol. The van der Waals surface area contributed by atoms with Gasteiger partial charge in [0.05, 0.1) is 0 Å². The molecule has 0 unspecified atom stereocenters. The molecule has 4 heteroatoms. The van der Waals surface area contributed by atoms with Crippen LogP contribution in [-0.4, -0.2) is 5.21 Å². The van der Waals surface area contributed by atoms with Gasteiger partial charge in [-0.1, -0.05) is 11.6 Å². The van der Waals surface area contributed by atoms with Crippen molar-refractivity contribution in [2.24, 2.45) is 0 Å². The molecule has 0 bridgehead atoms. The maximum atomic E-state index is 13.0. The normalized spacial score (nSPS) is 10.3. The number of hydrogen-bond acceptors (Lipinski definition) is 2. The number of hydrogen-bond donors (Lipinski definition) is 2. The highest BCUT2D eigenvalue weighted by Gasteiger charge is 2.07. The Morgan fingerprint density at radius 3 is 2.83 bits per heavy atom. The second-order valence-electron chi connectivity index (χ2n) is 2.47. The van der Waals surface area contributed by atoms with Gasteiger partial charge in [0.15, 0.2) is 0 Å². The summed E-state index contributed by atoms with van der Waals surface area (Å²) in [5.74, 6) is -0.363. The van der Waals surface area contributed by atoms with Gasteiger partial charge in [-0.2, -0.15) is 0 Å². The largest absolute Gasteiger partial charge is 0.316 e. The van der Waals surface area contributed by atoms with Gasteiger partial charge in [0, 0.05) is 17.1 Å². The van der Waals surface area contributed by atoms with Crippen molar-refractivity contribution in [3.63, 3.8) is 0 Å². The first-order valence-electron chi connectivity index (χ1n) is 3.47. The van der Waals surface area contributed by atoms with Crippen molar-refractivity contribution in [2.75, 3.05) is 0 Å². The highest BCUT2D eigenvalue weighted by Crippen LogP contribution is 2.21. The van der Waals surface area contributed by atoms with E-state index < -0.39 is 0 Å². The highest BCUT2D eigenvalue weighted by molar-refractivity contribution is 6.31. The van der Waals surface area contributed by atoms with Gasteiger partial charge in [0.25, 0.3) is 0 Å². The third-order valence-corrected chi connectivity index (χ3v) is 2.14. The molecule has 0 amide bonds. The van der Waals surface area contributed by atoms with E-state index in [0.29, 0.717) is 16.1 Å². The van der Waals surface area contributed by atoms with Gasteiger partial charge in [0.1, 0.15) is 5.82 Å². The lowest BCUT2D eigenvalue weighted by atomic mass is 10.1. The van der Waals surface area contributed by atoms with Gasteiger partial charge in [-0.3, -0.25) is 0 Å². The molecule has 0 aliphatic heterocycles. The smallest absolute Gasteiger partial charge is 0.128 e. The van der Waals surface area contributed by atoms with Crippen LogP contribution in [0.2, 0.25) is 5.02 Å². The summed E-state index contributed by atoms with van der Waals surface area (Å²) in [6.07, 6.45) is 0. The molecule has 0 aliphatic carbocycles. The monoisotopic (exact) mass is 189 g/mol. The summed E-state index contributed by atoms with van der Waals surface area (Å²) in [4.78, 5) is 0. The van der Waals surface area contributed by atoms with Crippen LogP contribution >= 0.6 is 11.6 Å². The van der Waals surface area contributed by atoms with Crippen molar-refractivity contribution in [3.05, 3.63) is 34.1 Å². The molecule has 0 heterocycles. The van der Waals surface area contributed by atoms with Crippen molar-refractivity contribution in [2.45, 2.75) is 13.5 Å². The third kappa shape index (κ3) is 1.75. The van der Waals surface area contributed by atoms with E-state index >= 15 is 0 Å². The van der Waals surface area contributed by atoms with E-state index in [1.807, 2.05) is 5.48 Å². The van der Waals surface area contributed by atoms with E-state index in [-0.39, 0.29) is 12.4 Å². The Hall–Kier alpha value is -0.640. The van der Waals surface area contributed by atoms with Crippen LogP contribution in [0, 0.1) is 12.7 Å². The fourth-order valence-corrected chi connectivity index (χ4v) is 1.17. The van der Waals surface area contributed by atoms with Crippen LogP contribution in [0.5, 0.6) is 0 Å². The fraction of sp³-hybridized carbons (Fsp3) is 0.250. The maximum Gasteiger partial charge on any atom is 0.128 e. The molecule has 0 spiro atoms. The summed E-state index contributed by atoms with van der Waals surface area (Å²) in [5, 5.41) is 8.90. The molecule has 0 aromatic heterocycles. The van der Waals surface area contributed by atoms with Gasteiger partial charge in [-0.05, 0) is 24.6 Å². The topological polar surface area (TPSA) is 32.3 Å². The lowest BCUT2D eigenvalue weighted by molar-refractivity contribution is 0.159. The van der Waals surface area contributed by atoms with Crippen molar-refractivity contribution in [1.82, 2.24) is 5.48 Å². The third-order valence-electron chi connectivity index (χ3n) is 1.73. The molecule has 0 saturated heterocycles. The first-order chi connectivity index (χ1) is 5.66. The second kappa shape index (κ2) is 3.85. The van der Waals surface area contributed by atoms with E-state index in [2.05, 4.69) is 0 Å². The molecule has 0 aliphatic rings. The molecule has 0 radical (unpaired) electrons. The lowest BCUT2D eigenvalue weighted by Gasteiger charge is -2.06. The lowest BCUT2D eigenvalue weighted by Crippen LogP contribution is -2.09. The zero-order valence-electron chi connectivity index (χ0n) is 6.56. The van der Waals surface area contributed by atoms with Crippen LogP contribution in [0.3, 0.4) is 0 Å². The predicted molar refractivity (Wildman–Crippen MR) is 44.8 cm³/mol. The van der Waals surface area contributed by atoms with Gasteiger partial charge in [-0.15, -0.1) is 0 Å².